The van der Waals surface area contributed by atoms with Crippen LogP contribution in [0.25, 0.3) is 11.3 Å². The highest BCUT2D eigenvalue weighted by Gasteiger charge is 2.33. The normalized spacial score (nSPS) is 15.4. The molecule has 3 aromatic rings. The van der Waals surface area contributed by atoms with Crippen molar-refractivity contribution in [3.05, 3.63) is 69.9 Å². The summed E-state index contributed by atoms with van der Waals surface area (Å²) >= 11 is 0. The molecule has 0 amide bonds. The van der Waals surface area contributed by atoms with E-state index in [0.717, 1.165) is 39.9 Å². The van der Waals surface area contributed by atoms with E-state index in [2.05, 4.69) is 9.97 Å². The molecule has 6 nitrogen and oxygen atoms in total. The summed E-state index contributed by atoms with van der Waals surface area (Å²) in [7, 11) is -3.70. The molecule has 0 saturated carbocycles. The summed E-state index contributed by atoms with van der Waals surface area (Å²) in [5, 5.41) is 0. The molecule has 4 rings (SSSR count). The summed E-state index contributed by atoms with van der Waals surface area (Å²) < 4.78 is 68.1. The Bertz CT molecular complexity index is 1380. The minimum atomic E-state index is -4.45. The second-order valence-electron chi connectivity index (χ2n) is 9.17. The van der Waals surface area contributed by atoms with Gasteiger partial charge < -0.3 is 4.90 Å². The average molecular weight is 519 g/mol. The predicted octanol–water partition coefficient (Wildman–Crippen LogP) is 5.22. The van der Waals surface area contributed by atoms with E-state index in [1.807, 2.05) is 39.5 Å². The highest BCUT2D eigenvalue weighted by Crippen LogP contribution is 2.33. The molecule has 36 heavy (non-hydrogen) atoms. The van der Waals surface area contributed by atoms with Gasteiger partial charge in [0.15, 0.2) is 0 Å². The van der Waals surface area contributed by atoms with Gasteiger partial charge in [-0.2, -0.15) is 17.5 Å². The Hall–Kier alpha value is -2.98. The monoisotopic (exact) mass is 518 g/mol. The van der Waals surface area contributed by atoms with Gasteiger partial charge in [0, 0.05) is 37.9 Å². The molecule has 0 atom stereocenters. The van der Waals surface area contributed by atoms with Crippen LogP contribution in [0, 0.1) is 34.6 Å². The van der Waals surface area contributed by atoms with Gasteiger partial charge in [-0.15, -0.1) is 0 Å². The number of aromatic nitrogens is 2. The van der Waals surface area contributed by atoms with Gasteiger partial charge >= 0.3 is 6.18 Å². The van der Waals surface area contributed by atoms with Crippen LogP contribution in [0.5, 0.6) is 0 Å². The number of rotatable bonds is 4. The van der Waals surface area contributed by atoms with E-state index in [-0.39, 0.29) is 13.1 Å². The number of nitrogens with zero attached hydrogens (tertiary/aromatic N) is 4. The second kappa shape index (κ2) is 9.48. The molecule has 1 aromatic heterocycles. The molecule has 1 aliphatic heterocycles. The molecule has 192 valence electrons. The number of hydrogen-bond donors (Lipinski definition) is 0. The van der Waals surface area contributed by atoms with E-state index >= 15 is 0 Å². The average Bonchev–Trinajstić information content (AvgIpc) is 2.86. The van der Waals surface area contributed by atoms with Crippen LogP contribution in [0.1, 0.15) is 33.4 Å². The molecule has 2 heterocycles. The zero-order valence-corrected chi connectivity index (χ0v) is 21.8. The van der Waals surface area contributed by atoms with Gasteiger partial charge in [-0.1, -0.05) is 12.1 Å². The highest BCUT2D eigenvalue weighted by atomic mass is 32.2. The van der Waals surface area contributed by atoms with Crippen LogP contribution in [0.3, 0.4) is 0 Å². The van der Waals surface area contributed by atoms with Gasteiger partial charge in [-0.25, -0.2) is 18.4 Å². The molecule has 10 heteroatoms. The third-order valence-corrected chi connectivity index (χ3v) is 9.35. The van der Waals surface area contributed by atoms with E-state index in [0.29, 0.717) is 35.2 Å². The Morgan fingerprint density at radius 1 is 0.833 bits per heavy atom. The van der Waals surface area contributed by atoms with Gasteiger partial charge in [0.2, 0.25) is 16.0 Å². The molecule has 2 aromatic carbocycles. The SMILES string of the molecule is Cc1c(C)c(C)c(S(=O)(=O)N2CCN(c3nccc(-c4cccc(C(F)(F)F)c4)n3)CC2)c(C)c1C. The van der Waals surface area contributed by atoms with Crippen molar-refractivity contribution in [1.29, 1.82) is 0 Å². The first-order chi connectivity index (χ1) is 16.8. The lowest BCUT2D eigenvalue weighted by Gasteiger charge is -2.35. The Kier molecular flexibility index (Phi) is 6.87. The first kappa shape index (κ1) is 26.1. The molecule has 1 fully saturated rings. The summed E-state index contributed by atoms with van der Waals surface area (Å²) in [5.74, 6) is 0.358. The Balaban J connectivity index is 1.56. The van der Waals surface area contributed by atoms with Crippen LogP contribution in [0.15, 0.2) is 41.4 Å². The maximum absolute atomic E-state index is 13.6. The summed E-state index contributed by atoms with van der Waals surface area (Å²) in [6.45, 7) is 10.9. The molecule has 0 unspecified atom stereocenters. The molecule has 0 radical (unpaired) electrons. The summed E-state index contributed by atoms with van der Waals surface area (Å²) in [5.41, 5.74) is 4.58. The highest BCUT2D eigenvalue weighted by molar-refractivity contribution is 7.89. The molecular weight excluding hydrogens is 489 g/mol. The van der Waals surface area contributed by atoms with Crippen molar-refractivity contribution in [3.63, 3.8) is 0 Å². The fourth-order valence-corrected chi connectivity index (χ4v) is 6.61. The van der Waals surface area contributed by atoms with Crippen molar-refractivity contribution in [2.45, 2.75) is 45.7 Å². The van der Waals surface area contributed by atoms with Crippen LogP contribution in [0.4, 0.5) is 19.1 Å². The molecule has 1 saturated heterocycles. The second-order valence-corrected chi connectivity index (χ2v) is 11.0. The van der Waals surface area contributed by atoms with Crippen LogP contribution in [0.2, 0.25) is 0 Å². The van der Waals surface area contributed by atoms with Crippen molar-refractivity contribution in [1.82, 2.24) is 14.3 Å². The predicted molar refractivity (Wildman–Crippen MR) is 134 cm³/mol. The third kappa shape index (κ3) is 4.71. The van der Waals surface area contributed by atoms with E-state index in [4.69, 9.17) is 0 Å². The minimum Gasteiger partial charge on any atom is -0.338 e. The van der Waals surface area contributed by atoms with Crippen molar-refractivity contribution in [2.75, 3.05) is 31.1 Å². The van der Waals surface area contributed by atoms with Crippen molar-refractivity contribution < 1.29 is 21.6 Å². The van der Waals surface area contributed by atoms with E-state index in [1.165, 1.54) is 16.6 Å². The molecule has 0 spiro atoms. The third-order valence-electron chi connectivity index (χ3n) is 7.18. The standard InChI is InChI=1S/C26H29F3N4O2S/c1-16-17(2)19(4)24(20(5)18(16)3)36(34,35)33-13-11-32(12-14-33)25-30-10-9-23(31-25)21-7-6-8-22(15-21)26(27,28)29/h6-10,15H,11-14H2,1-5H3. The van der Waals surface area contributed by atoms with Gasteiger partial charge in [0.25, 0.3) is 0 Å². The molecule has 1 aliphatic rings. The maximum Gasteiger partial charge on any atom is 0.416 e. The zero-order chi connectivity index (χ0) is 26.4. The topological polar surface area (TPSA) is 66.4 Å². The van der Waals surface area contributed by atoms with Crippen molar-refractivity contribution >= 4 is 16.0 Å². The number of anilines is 1. The lowest BCUT2D eigenvalue weighted by molar-refractivity contribution is -0.137. The maximum atomic E-state index is 13.6. The van der Waals surface area contributed by atoms with Crippen LogP contribution >= 0.6 is 0 Å². The molecule has 0 N–H and O–H groups in total. The summed E-state index contributed by atoms with van der Waals surface area (Å²) in [4.78, 5) is 11.0. The Labute approximate surface area is 209 Å². The molecule has 0 bridgehead atoms. The minimum absolute atomic E-state index is 0.254. The summed E-state index contributed by atoms with van der Waals surface area (Å²) in [6, 6.07) is 6.57. The van der Waals surface area contributed by atoms with Gasteiger partial charge in [0.1, 0.15) is 0 Å². The number of hydrogen-bond acceptors (Lipinski definition) is 5. The van der Waals surface area contributed by atoms with E-state index in [1.54, 1.807) is 12.1 Å². The Morgan fingerprint density at radius 2 is 1.42 bits per heavy atom. The zero-order valence-electron chi connectivity index (χ0n) is 20.9. The number of sulfonamides is 1. The van der Waals surface area contributed by atoms with Crippen LogP contribution < -0.4 is 4.90 Å². The smallest absolute Gasteiger partial charge is 0.338 e. The van der Waals surface area contributed by atoms with Crippen molar-refractivity contribution in [2.24, 2.45) is 0 Å². The fourth-order valence-electron chi connectivity index (χ4n) is 4.63. The van der Waals surface area contributed by atoms with E-state index < -0.39 is 21.8 Å². The van der Waals surface area contributed by atoms with Crippen LogP contribution in [-0.2, 0) is 16.2 Å². The van der Waals surface area contributed by atoms with E-state index in [9.17, 15) is 21.6 Å². The summed E-state index contributed by atoms with van der Waals surface area (Å²) in [6.07, 6.45) is -2.94. The number of alkyl halides is 3. The lowest BCUT2D eigenvalue weighted by atomic mass is 9.95. The van der Waals surface area contributed by atoms with Gasteiger partial charge in [-0.3, -0.25) is 0 Å². The Morgan fingerprint density at radius 3 is 2.00 bits per heavy atom. The van der Waals surface area contributed by atoms with Crippen LogP contribution in [-0.4, -0.2) is 48.9 Å². The quantitative estimate of drug-likeness (QED) is 0.474. The fraction of sp³-hybridized carbons (Fsp3) is 0.385. The first-order valence-corrected chi connectivity index (χ1v) is 13.1. The van der Waals surface area contributed by atoms with Gasteiger partial charge in [-0.05, 0) is 80.6 Å². The number of halogens is 3. The number of benzene rings is 2. The van der Waals surface area contributed by atoms with Gasteiger partial charge in [0.05, 0.1) is 16.2 Å². The largest absolute Gasteiger partial charge is 0.416 e. The molecular formula is C26H29F3N4O2S. The van der Waals surface area contributed by atoms with Crippen molar-refractivity contribution in [3.8, 4) is 11.3 Å². The lowest BCUT2D eigenvalue weighted by Crippen LogP contribution is -2.49. The molecule has 0 aliphatic carbocycles. The first-order valence-electron chi connectivity index (χ1n) is 11.6. The number of piperazine rings is 1.